The summed E-state index contributed by atoms with van der Waals surface area (Å²) in [7, 11) is 3.30. The van der Waals surface area contributed by atoms with Crippen LogP contribution in [0.5, 0.6) is 11.5 Å². The Bertz CT molecular complexity index is 1170. The van der Waals surface area contributed by atoms with Gasteiger partial charge >= 0.3 is 0 Å². The fourth-order valence-corrected chi connectivity index (χ4v) is 3.78. The van der Waals surface area contributed by atoms with E-state index in [1.165, 1.54) is 11.1 Å². The van der Waals surface area contributed by atoms with Crippen molar-refractivity contribution in [1.82, 2.24) is 9.55 Å². The van der Waals surface area contributed by atoms with Gasteiger partial charge in [-0.15, -0.1) is 0 Å². The Hall–Kier alpha value is -2.98. The Morgan fingerprint density at radius 2 is 1.76 bits per heavy atom. The third kappa shape index (κ3) is 3.94. The second kappa shape index (κ2) is 8.18. The lowest BCUT2D eigenvalue weighted by Gasteiger charge is -2.12. The zero-order valence-corrected chi connectivity index (χ0v) is 17.5. The van der Waals surface area contributed by atoms with Crippen LogP contribution in [0, 0.1) is 6.92 Å². The van der Waals surface area contributed by atoms with Crippen molar-refractivity contribution in [2.45, 2.75) is 19.9 Å². The zero-order valence-electron chi connectivity index (χ0n) is 16.8. The lowest BCUT2D eigenvalue weighted by atomic mass is 10.1. The van der Waals surface area contributed by atoms with Crippen molar-refractivity contribution in [3.63, 3.8) is 0 Å². The Kier molecular flexibility index (Phi) is 5.45. The molecule has 0 spiro atoms. The van der Waals surface area contributed by atoms with Gasteiger partial charge in [0.2, 0.25) is 0 Å². The molecular weight excluding hydrogens is 384 g/mol. The van der Waals surface area contributed by atoms with E-state index in [-0.39, 0.29) is 0 Å². The number of fused-ring (bicyclic) bond motifs is 1. The quantitative estimate of drug-likeness (QED) is 0.398. The summed E-state index contributed by atoms with van der Waals surface area (Å²) in [6.07, 6.45) is 0.841. The van der Waals surface area contributed by atoms with Crippen molar-refractivity contribution in [2.75, 3.05) is 14.2 Å². The van der Waals surface area contributed by atoms with Crippen LogP contribution in [0.25, 0.3) is 22.4 Å². The van der Waals surface area contributed by atoms with E-state index in [2.05, 4.69) is 41.8 Å². The maximum atomic E-state index is 6.21. The second-order valence-electron chi connectivity index (χ2n) is 7.03. The van der Waals surface area contributed by atoms with E-state index in [0.29, 0.717) is 5.02 Å². The SMILES string of the molecule is COc1ccc(CCn2c(-c3cccc(C)c3)nc3cc(Cl)ccc32)cc1OC. The first-order chi connectivity index (χ1) is 14.1. The van der Waals surface area contributed by atoms with Gasteiger partial charge in [0.1, 0.15) is 5.82 Å². The zero-order chi connectivity index (χ0) is 20.4. The third-order valence-electron chi connectivity index (χ3n) is 5.06. The van der Waals surface area contributed by atoms with Gasteiger partial charge in [0.25, 0.3) is 0 Å². The highest BCUT2D eigenvalue weighted by atomic mass is 35.5. The fraction of sp³-hybridized carbons (Fsp3) is 0.208. The van der Waals surface area contributed by atoms with E-state index in [1.54, 1.807) is 14.2 Å². The summed E-state index contributed by atoms with van der Waals surface area (Å²) in [5.74, 6) is 2.43. The van der Waals surface area contributed by atoms with E-state index >= 15 is 0 Å². The molecule has 1 aromatic heterocycles. The Balaban J connectivity index is 1.73. The molecule has 0 bridgehead atoms. The van der Waals surface area contributed by atoms with Gasteiger partial charge in [-0.05, 0) is 55.3 Å². The Labute approximate surface area is 175 Å². The smallest absolute Gasteiger partial charge is 0.160 e. The van der Waals surface area contributed by atoms with E-state index in [4.69, 9.17) is 26.1 Å². The van der Waals surface area contributed by atoms with Crippen molar-refractivity contribution in [2.24, 2.45) is 0 Å². The lowest BCUT2D eigenvalue weighted by molar-refractivity contribution is 0.354. The van der Waals surface area contributed by atoms with Crippen molar-refractivity contribution < 1.29 is 9.47 Å². The van der Waals surface area contributed by atoms with E-state index < -0.39 is 0 Å². The van der Waals surface area contributed by atoms with Gasteiger partial charge in [-0.2, -0.15) is 0 Å². The number of hydrogen-bond donors (Lipinski definition) is 0. The van der Waals surface area contributed by atoms with Gasteiger partial charge in [0.05, 0.1) is 25.3 Å². The normalized spacial score (nSPS) is 11.0. The maximum absolute atomic E-state index is 6.21. The molecule has 4 nitrogen and oxygen atoms in total. The van der Waals surface area contributed by atoms with E-state index in [0.717, 1.165) is 46.9 Å². The molecule has 0 unspecified atom stereocenters. The highest BCUT2D eigenvalue weighted by Gasteiger charge is 2.14. The number of nitrogens with zero attached hydrogens (tertiary/aromatic N) is 2. The van der Waals surface area contributed by atoms with Gasteiger partial charge in [-0.3, -0.25) is 0 Å². The van der Waals surface area contributed by atoms with Crippen molar-refractivity contribution in [3.8, 4) is 22.9 Å². The number of aromatic nitrogens is 2. The molecule has 5 heteroatoms. The topological polar surface area (TPSA) is 36.3 Å². The number of imidazole rings is 1. The molecule has 0 aliphatic carbocycles. The molecule has 0 atom stereocenters. The van der Waals surface area contributed by atoms with Crippen molar-refractivity contribution in [1.29, 1.82) is 0 Å². The molecule has 3 aromatic carbocycles. The molecule has 4 aromatic rings. The summed E-state index contributed by atoms with van der Waals surface area (Å²) in [4.78, 5) is 4.89. The molecular formula is C24H23ClN2O2. The molecule has 0 saturated carbocycles. The number of halogens is 1. The van der Waals surface area contributed by atoms with Crippen LogP contribution in [0.2, 0.25) is 5.02 Å². The summed E-state index contributed by atoms with van der Waals surface area (Å²) in [6.45, 7) is 2.88. The van der Waals surface area contributed by atoms with Crippen LogP contribution in [0.4, 0.5) is 0 Å². The van der Waals surface area contributed by atoms with Crippen molar-refractivity contribution in [3.05, 3.63) is 76.8 Å². The van der Waals surface area contributed by atoms with Gasteiger partial charge in [-0.25, -0.2) is 4.98 Å². The lowest BCUT2D eigenvalue weighted by Crippen LogP contribution is -2.04. The maximum Gasteiger partial charge on any atom is 0.160 e. The van der Waals surface area contributed by atoms with Gasteiger partial charge in [0.15, 0.2) is 11.5 Å². The van der Waals surface area contributed by atoms with Gasteiger partial charge in [0, 0.05) is 17.1 Å². The van der Waals surface area contributed by atoms with Crippen LogP contribution in [-0.2, 0) is 13.0 Å². The minimum absolute atomic E-state index is 0.692. The summed E-state index contributed by atoms with van der Waals surface area (Å²) in [5, 5.41) is 0.692. The number of ether oxygens (including phenoxy) is 2. The first-order valence-corrected chi connectivity index (χ1v) is 9.90. The van der Waals surface area contributed by atoms with Crippen LogP contribution < -0.4 is 9.47 Å². The van der Waals surface area contributed by atoms with Gasteiger partial charge < -0.3 is 14.0 Å². The Morgan fingerprint density at radius 3 is 2.52 bits per heavy atom. The van der Waals surface area contributed by atoms with Crippen molar-refractivity contribution >= 4 is 22.6 Å². The van der Waals surface area contributed by atoms with Crippen LogP contribution in [0.15, 0.2) is 60.7 Å². The first-order valence-electron chi connectivity index (χ1n) is 9.53. The highest BCUT2D eigenvalue weighted by Crippen LogP contribution is 2.30. The summed E-state index contributed by atoms with van der Waals surface area (Å²) in [5.41, 5.74) is 5.46. The fourth-order valence-electron chi connectivity index (χ4n) is 3.61. The third-order valence-corrected chi connectivity index (χ3v) is 5.29. The minimum Gasteiger partial charge on any atom is -0.493 e. The molecule has 29 heavy (non-hydrogen) atoms. The van der Waals surface area contributed by atoms with Crippen LogP contribution in [-0.4, -0.2) is 23.8 Å². The standard InChI is InChI=1S/C24H23ClN2O2/c1-16-5-4-6-18(13-16)24-26-20-15-19(25)8-9-21(20)27(24)12-11-17-7-10-22(28-2)23(14-17)29-3/h4-10,13-15H,11-12H2,1-3H3. The predicted octanol–water partition coefficient (Wildman–Crippen LogP) is 5.93. The highest BCUT2D eigenvalue weighted by molar-refractivity contribution is 6.31. The van der Waals surface area contributed by atoms with Gasteiger partial charge in [-0.1, -0.05) is 41.4 Å². The summed E-state index contributed by atoms with van der Waals surface area (Å²) in [6, 6.07) is 20.3. The average molecular weight is 407 g/mol. The van der Waals surface area contributed by atoms with Crippen LogP contribution >= 0.6 is 11.6 Å². The number of benzene rings is 3. The molecule has 0 radical (unpaired) electrons. The largest absolute Gasteiger partial charge is 0.493 e. The van der Waals surface area contributed by atoms with E-state index in [1.807, 2.05) is 30.3 Å². The molecule has 0 amide bonds. The molecule has 0 fully saturated rings. The van der Waals surface area contributed by atoms with Crippen LogP contribution in [0.1, 0.15) is 11.1 Å². The molecule has 0 aliphatic rings. The second-order valence-corrected chi connectivity index (χ2v) is 7.47. The first kappa shape index (κ1) is 19.3. The van der Waals surface area contributed by atoms with Crippen LogP contribution in [0.3, 0.4) is 0 Å². The number of rotatable bonds is 6. The minimum atomic E-state index is 0.692. The average Bonchev–Trinajstić information content (AvgIpc) is 3.09. The molecule has 4 rings (SSSR count). The molecule has 148 valence electrons. The molecule has 0 aliphatic heterocycles. The summed E-state index contributed by atoms with van der Waals surface area (Å²) >= 11 is 6.21. The molecule has 0 saturated heterocycles. The Morgan fingerprint density at radius 1 is 0.931 bits per heavy atom. The number of aryl methyl sites for hydroxylation is 3. The predicted molar refractivity (Wildman–Crippen MR) is 118 cm³/mol. The van der Waals surface area contributed by atoms with E-state index in [9.17, 15) is 0 Å². The monoisotopic (exact) mass is 406 g/mol. The molecule has 0 N–H and O–H groups in total. The summed E-state index contributed by atoms with van der Waals surface area (Å²) < 4.78 is 13.1. The number of methoxy groups -OCH3 is 2. The molecule has 1 heterocycles. The number of hydrogen-bond acceptors (Lipinski definition) is 3.